The Hall–Kier alpha value is -2.48. The summed E-state index contributed by atoms with van der Waals surface area (Å²) in [5, 5.41) is 0.736. The smallest absolute Gasteiger partial charge is 0.339 e. The number of fused-ring (bicyclic) bond motifs is 2. The molecule has 8 heteroatoms. The lowest BCUT2D eigenvalue weighted by molar-refractivity contribution is -0.136. The van der Waals surface area contributed by atoms with Crippen molar-refractivity contribution in [3.8, 4) is 0 Å². The molecule has 2 heterocycles. The summed E-state index contributed by atoms with van der Waals surface area (Å²) in [5.41, 5.74) is 3.09. The number of carbonyl (C=O) groups is 2. The molecule has 0 unspecified atom stereocenters. The van der Waals surface area contributed by atoms with E-state index in [0.717, 1.165) is 41.4 Å². The summed E-state index contributed by atoms with van der Waals surface area (Å²) >= 11 is 0. The number of hydrogen-bond donors (Lipinski definition) is 0. The predicted molar refractivity (Wildman–Crippen MR) is 108 cm³/mol. The summed E-state index contributed by atoms with van der Waals surface area (Å²) in [6, 6.07) is 7.11. The van der Waals surface area contributed by atoms with Crippen LogP contribution in [0.2, 0.25) is 0 Å². The lowest BCUT2D eigenvalue weighted by Crippen LogP contribution is -2.43. The SMILES string of the molecule is CCN(C(=O)COC(=O)c1c2c(nc3ccccc13)CCC2)[C@H]1CCS(=O)(=O)C1. The molecular formula is C21H24N2O5S. The molecule has 2 aromatic rings. The first-order valence-electron chi connectivity index (χ1n) is 9.97. The molecule has 1 atom stereocenters. The zero-order valence-corrected chi connectivity index (χ0v) is 17.2. The first-order chi connectivity index (χ1) is 13.9. The number of aromatic nitrogens is 1. The fourth-order valence-corrected chi connectivity index (χ4v) is 6.12. The van der Waals surface area contributed by atoms with Gasteiger partial charge in [-0.25, -0.2) is 13.2 Å². The third kappa shape index (κ3) is 3.85. The van der Waals surface area contributed by atoms with Crippen LogP contribution < -0.4 is 0 Å². The molecule has 154 valence electrons. The average molecular weight is 416 g/mol. The van der Waals surface area contributed by atoms with Crippen molar-refractivity contribution in [2.24, 2.45) is 0 Å². The van der Waals surface area contributed by atoms with Crippen LogP contribution in [-0.4, -0.2) is 60.9 Å². The largest absolute Gasteiger partial charge is 0.452 e. The van der Waals surface area contributed by atoms with E-state index < -0.39 is 22.4 Å². The van der Waals surface area contributed by atoms with Gasteiger partial charge in [0.2, 0.25) is 0 Å². The molecule has 1 aromatic heterocycles. The lowest BCUT2D eigenvalue weighted by atomic mass is 10.0. The molecule has 2 aliphatic rings. The molecule has 1 saturated heterocycles. The molecule has 1 aromatic carbocycles. The second-order valence-electron chi connectivity index (χ2n) is 7.60. The minimum absolute atomic E-state index is 0.0248. The van der Waals surface area contributed by atoms with Crippen LogP contribution in [0.3, 0.4) is 0 Å². The fraction of sp³-hybridized carbons (Fsp3) is 0.476. The summed E-state index contributed by atoms with van der Waals surface area (Å²) in [5.74, 6) is -0.817. The number of carbonyl (C=O) groups excluding carboxylic acids is 2. The van der Waals surface area contributed by atoms with Crippen LogP contribution in [0.25, 0.3) is 10.9 Å². The number of sulfone groups is 1. The normalized spacial score (nSPS) is 19.8. The minimum atomic E-state index is -3.10. The van der Waals surface area contributed by atoms with Crippen molar-refractivity contribution < 1.29 is 22.7 Å². The molecule has 1 aliphatic carbocycles. The first-order valence-corrected chi connectivity index (χ1v) is 11.8. The van der Waals surface area contributed by atoms with Gasteiger partial charge in [0.15, 0.2) is 16.4 Å². The van der Waals surface area contributed by atoms with Gasteiger partial charge in [0.1, 0.15) is 0 Å². The zero-order chi connectivity index (χ0) is 20.6. The highest BCUT2D eigenvalue weighted by molar-refractivity contribution is 7.91. The Labute approximate surface area is 170 Å². The third-order valence-electron chi connectivity index (χ3n) is 5.76. The monoisotopic (exact) mass is 416 g/mol. The number of rotatable bonds is 5. The zero-order valence-electron chi connectivity index (χ0n) is 16.4. The maximum absolute atomic E-state index is 12.9. The van der Waals surface area contributed by atoms with Gasteiger partial charge in [0.25, 0.3) is 5.91 Å². The Morgan fingerprint density at radius 1 is 1.24 bits per heavy atom. The minimum Gasteiger partial charge on any atom is -0.452 e. The van der Waals surface area contributed by atoms with Gasteiger partial charge in [-0.15, -0.1) is 0 Å². The van der Waals surface area contributed by atoms with Crippen molar-refractivity contribution in [2.75, 3.05) is 24.7 Å². The number of amides is 1. The molecule has 0 N–H and O–H groups in total. The quantitative estimate of drug-likeness (QED) is 0.692. The fourth-order valence-electron chi connectivity index (χ4n) is 4.39. The van der Waals surface area contributed by atoms with Gasteiger partial charge < -0.3 is 9.64 Å². The molecule has 1 aliphatic heterocycles. The van der Waals surface area contributed by atoms with E-state index in [1.54, 1.807) is 6.92 Å². The summed E-state index contributed by atoms with van der Waals surface area (Å²) in [6.45, 7) is 1.78. The average Bonchev–Trinajstić information content (AvgIpc) is 3.30. The maximum Gasteiger partial charge on any atom is 0.339 e. The van der Waals surface area contributed by atoms with Crippen LogP contribution >= 0.6 is 0 Å². The van der Waals surface area contributed by atoms with E-state index >= 15 is 0 Å². The number of nitrogens with zero attached hydrogens (tertiary/aromatic N) is 2. The van der Waals surface area contributed by atoms with Gasteiger partial charge in [-0.1, -0.05) is 18.2 Å². The van der Waals surface area contributed by atoms with E-state index in [1.807, 2.05) is 24.3 Å². The van der Waals surface area contributed by atoms with Crippen LogP contribution in [0.5, 0.6) is 0 Å². The number of pyridine rings is 1. The standard InChI is InChI=1S/C21H24N2O5S/c1-2-23(14-10-11-29(26,27)13-14)19(24)12-28-21(25)20-15-6-3-4-8-17(15)22-18-9-5-7-16(18)20/h3-4,6,8,14H,2,5,7,9-13H2,1H3/t14-/m0/s1. The molecule has 0 saturated carbocycles. The van der Waals surface area contributed by atoms with Crippen molar-refractivity contribution in [2.45, 2.75) is 38.6 Å². The highest BCUT2D eigenvalue weighted by Crippen LogP contribution is 2.30. The number of likely N-dealkylation sites (N-methyl/N-ethyl adjacent to an activating group) is 1. The van der Waals surface area contributed by atoms with E-state index in [-0.39, 0.29) is 23.5 Å². The van der Waals surface area contributed by atoms with Crippen LogP contribution in [0.1, 0.15) is 41.4 Å². The molecule has 1 amide bonds. The first kappa shape index (κ1) is 19.8. The van der Waals surface area contributed by atoms with Crippen LogP contribution in [0.15, 0.2) is 24.3 Å². The molecule has 7 nitrogen and oxygen atoms in total. The number of ether oxygens (including phenoxy) is 1. The number of para-hydroxylation sites is 1. The summed E-state index contributed by atoms with van der Waals surface area (Å²) in [7, 11) is -3.10. The highest BCUT2D eigenvalue weighted by atomic mass is 32.2. The second-order valence-corrected chi connectivity index (χ2v) is 9.82. The third-order valence-corrected chi connectivity index (χ3v) is 7.51. The molecule has 1 fully saturated rings. The summed E-state index contributed by atoms with van der Waals surface area (Å²) in [4.78, 5) is 31.8. The van der Waals surface area contributed by atoms with Crippen molar-refractivity contribution in [1.29, 1.82) is 0 Å². The second kappa shape index (κ2) is 7.74. The van der Waals surface area contributed by atoms with Crippen molar-refractivity contribution in [3.05, 3.63) is 41.1 Å². The Morgan fingerprint density at radius 2 is 2.03 bits per heavy atom. The number of hydrogen-bond acceptors (Lipinski definition) is 6. The number of aryl methyl sites for hydroxylation is 1. The van der Waals surface area contributed by atoms with Gasteiger partial charge in [-0.2, -0.15) is 0 Å². The Bertz CT molecular complexity index is 1080. The Balaban J connectivity index is 1.52. The summed E-state index contributed by atoms with van der Waals surface area (Å²) in [6.07, 6.45) is 2.97. The molecular weight excluding hydrogens is 392 g/mol. The van der Waals surface area contributed by atoms with Gasteiger partial charge in [-0.05, 0) is 44.2 Å². The van der Waals surface area contributed by atoms with Gasteiger partial charge >= 0.3 is 5.97 Å². The van der Waals surface area contributed by atoms with Crippen molar-refractivity contribution in [3.63, 3.8) is 0 Å². The summed E-state index contributed by atoms with van der Waals surface area (Å²) < 4.78 is 28.9. The topological polar surface area (TPSA) is 93.6 Å². The molecule has 0 spiro atoms. The van der Waals surface area contributed by atoms with Crippen molar-refractivity contribution in [1.82, 2.24) is 9.88 Å². The van der Waals surface area contributed by atoms with E-state index in [9.17, 15) is 18.0 Å². The molecule has 0 radical (unpaired) electrons. The van der Waals surface area contributed by atoms with E-state index in [4.69, 9.17) is 4.74 Å². The number of esters is 1. The van der Waals surface area contributed by atoms with Crippen LogP contribution in [0, 0.1) is 0 Å². The van der Waals surface area contributed by atoms with E-state index in [1.165, 1.54) is 4.90 Å². The molecule has 4 rings (SSSR count). The highest BCUT2D eigenvalue weighted by Gasteiger charge is 2.34. The van der Waals surface area contributed by atoms with Gasteiger partial charge in [0, 0.05) is 23.7 Å². The van der Waals surface area contributed by atoms with Crippen LogP contribution in [-0.2, 0) is 32.2 Å². The van der Waals surface area contributed by atoms with Gasteiger partial charge in [-0.3, -0.25) is 9.78 Å². The lowest BCUT2D eigenvalue weighted by Gasteiger charge is -2.26. The number of benzene rings is 1. The Morgan fingerprint density at radius 3 is 2.76 bits per heavy atom. The van der Waals surface area contributed by atoms with Gasteiger partial charge in [0.05, 0.1) is 22.6 Å². The van der Waals surface area contributed by atoms with Crippen LogP contribution in [0.4, 0.5) is 0 Å². The maximum atomic E-state index is 12.9. The predicted octanol–water partition coefficient (Wildman–Crippen LogP) is 1.92. The Kier molecular flexibility index (Phi) is 5.29. The molecule has 29 heavy (non-hydrogen) atoms. The van der Waals surface area contributed by atoms with E-state index in [2.05, 4.69) is 4.98 Å². The van der Waals surface area contributed by atoms with E-state index in [0.29, 0.717) is 18.5 Å². The molecule has 0 bridgehead atoms. The van der Waals surface area contributed by atoms with Crippen molar-refractivity contribution >= 4 is 32.6 Å².